The van der Waals surface area contributed by atoms with Crippen molar-refractivity contribution in [3.8, 4) is 0 Å². The minimum Gasteiger partial charge on any atom is -0.396 e. The zero-order chi connectivity index (χ0) is 14.5. The second-order valence-corrected chi connectivity index (χ2v) is 4.39. The molecule has 0 spiro atoms. The number of aliphatic hydroxyl groups is 1. The molecule has 0 saturated carbocycles. The summed E-state index contributed by atoms with van der Waals surface area (Å²) in [5.74, 6) is -0.972. The Morgan fingerprint density at radius 1 is 1.15 bits per heavy atom. The molecule has 5 heteroatoms. The molecule has 104 valence electrons. The van der Waals surface area contributed by atoms with Gasteiger partial charge in [0.15, 0.2) is 0 Å². The number of nitrogens with two attached hydrogens (primary N) is 1. The molecule has 0 aliphatic carbocycles. The lowest BCUT2D eigenvalue weighted by Crippen LogP contribution is -2.23. The van der Waals surface area contributed by atoms with Crippen molar-refractivity contribution in [1.82, 2.24) is 5.32 Å². The normalized spacial score (nSPS) is 10.3. The van der Waals surface area contributed by atoms with Crippen molar-refractivity contribution in [1.29, 1.82) is 0 Å². The van der Waals surface area contributed by atoms with Crippen LogP contribution in [-0.2, 0) is 13.2 Å². The van der Waals surface area contributed by atoms with Gasteiger partial charge in [0.25, 0.3) is 5.91 Å². The van der Waals surface area contributed by atoms with Crippen molar-refractivity contribution in [2.75, 3.05) is 5.73 Å². The van der Waals surface area contributed by atoms with Crippen LogP contribution in [0.1, 0.15) is 21.5 Å². The smallest absolute Gasteiger partial charge is 0.251 e. The van der Waals surface area contributed by atoms with E-state index in [0.29, 0.717) is 6.54 Å². The molecular formula is C15H15FN2O2. The summed E-state index contributed by atoms with van der Waals surface area (Å²) in [5, 5.41) is 11.6. The van der Waals surface area contributed by atoms with Gasteiger partial charge in [-0.2, -0.15) is 0 Å². The minimum atomic E-state index is -0.607. The number of hydrogen-bond donors (Lipinski definition) is 3. The van der Waals surface area contributed by atoms with Crippen LogP contribution in [0.25, 0.3) is 0 Å². The van der Waals surface area contributed by atoms with Gasteiger partial charge in [-0.05, 0) is 29.3 Å². The summed E-state index contributed by atoms with van der Waals surface area (Å²) in [7, 11) is 0. The van der Waals surface area contributed by atoms with Crippen molar-refractivity contribution in [3.05, 3.63) is 65.0 Å². The zero-order valence-corrected chi connectivity index (χ0v) is 10.8. The molecule has 0 fully saturated rings. The summed E-state index contributed by atoms with van der Waals surface area (Å²) in [6.45, 7) is 0.313. The second kappa shape index (κ2) is 6.16. The molecule has 0 aromatic heterocycles. The van der Waals surface area contributed by atoms with Crippen LogP contribution in [0.5, 0.6) is 0 Å². The van der Waals surface area contributed by atoms with Gasteiger partial charge >= 0.3 is 0 Å². The fourth-order valence-corrected chi connectivity index (χ4v) is 1.72. The summed E-state index contributed by atoms with van der Waals surface area (Å²) >= 11 is 0. The number of aliphatic hydroxyl groups excluding tert-OH is 1. The highest BCUT2D eigenvalue weighted by molar-refractivity contribution is 5.94. The van der Waals surface area contributed by atoms with Crippen LogP contribution in [-0.4, -0.2) is 11.0 Å². The van der Waals surface area contributed by atoms with E-state index in [1.165, 1.54) is 12.1 Å². The maximum atomic E-state index is 13.3. The summed E-state index contributed by atoms with van der Waals surface area (Å²) in [6, 6.07) is 11.1. The maximum absolute atomic E-state index is 13.3. The fraction of sp³-hybridized carbons (Fsp3) is 0.133. The average molecular weight is 274 g/mol. The van der Waals surface area contributed by atoms with Crippen molar-refractivity contribution in [2.24, 2.45) is 0 Å². The SMILES string of the molecule is Nc1ccc(C(=O)NCc2ccc(CO)cc2)cc1F. The predicted molar refractivity (Wildman–Crippen MR) is 74.3 cm³/mol. The van der Waals surface area contributed by atoms with Gasteiger partial charge in [-0.3, -0.25) is 4.79 Å². The second-order valence-electron chi connectivity index (χ2n) is 4.39. The minimum absolute atomic E-state index is 0.0149. The molecular weight excluding hydrogens is 259 g/mol. The summed E-state index contributed by atoms with van der Waals surface area (Å²) in [6.07, 6.45) is 0. The Morgan fingerprint density at radius 2 is 1.80 bits per heavy atom. The lowest BCUT2D eigenvalue weighted by molar-refractivity contribution is 0.0950. The van der Waals surface area contributed by atoms with E-state index in [1.807, 2.05) is 12.1 Å². The van der Waals surface area contributed by atoms with E-state index in [4.69, 9.17) is 10.8 Å². The Hall–Kier alpha value is -2.40. The molecule has 1 amide bonds. The molecule has 0 radical (unpaired) electrons. The highest BCUT2D eigenvalue weighted by Crippen LogP contribution is 2.12. The fourth-order valence-electron chi connectivity index (χ4n) is 1.72. The molecule has 2 aromatic rings. The van der Waals surface area contributed by atoms with Crippen LogP contribution in [0.2, 0.25) is 0 Å². The molecule has 0 heterocycles. The van der Waals surface area contributed by atoms with Crippen molar-refractivity contribution in [2.45, 2.75) is 13.2 Å². The van der Waals surface area contributed by atoms with Crippen molar-refractivity contribution in [3.63, 3.8) is 0 Å². The highest BCUT2D eigenvalue weighted by Gasteiger charge is 2.08. The molecule has 2 aromatic carbocycles. The van der Waals surface area contributed by atoms with Crippen LogP contribution in [0.4, 0.5) is 10.1 Å². The first-order valence-corrected chi connectivity index (χ1v) is 6.12. The third-order valence-electron chi connectivity index (χ3n) is 2.92. The number of hydrogen-bond acceptors (Lipinski definition) is 3. The summed E-state index contributed by atoms with van der Waals surface area (Å²) in [5.41, 5.74) is 7.30. The van der Waals surface area contributed by atoms with Crippen molar-refractivity contribution >= 4 is 11.6 Å². The molecule has 2 rings (SSSR count). The number of rotatable bonds is 4. The number of nitrogens with one attached hydrogen (secondary N) is 1. The molecule has 0 atom stereocenters. The Labute approximate surface area is 116 Å². The largest absolute Gasteiger partial charge is 0.396 e. The van der Waals surface area contributed by atoms with Gasteiger partial charge in [-0.25, -0.2) is 4.39 Å². The lowest BCUT2D eigenvalue weighted by Gasteiger charge is -2.07. The van der Waals surface area contributed by atoms with Gasteiger partial charge in [0.05, 0.1) is 12.3 Å². The van der Waals surface area contributed by atoms with E-state index in [2.05, 4.69) is 5.32 Å². The molecule has 0 saturated heterocycles. The number of anilines is 1. The number of carbonyl (C=O) groups excluding carboxylic acids is 1. The number of nitrogen functional groups attached to an aromatic ring is 1. The van der Waals surface area contributed by atoms with Crippen LogP contribution in [0, 0.1) is 5.82 Å². The van der Waals surface area contributed by atoms with E-state index in [0.717, 1.165) is 17.2 Å². The highest BCUT2D eigenvalue weighted by atomic mass is 19.1. The number of benzene rings is 2. The Kier molecular flexibility index (Phi) is 4.32. The van der Waals surface area contributed by atoms with Gasteiger partial charge < -0.3 is 16.2 Å². The first-order valence-electron chi connectivity index (χ1n) is 6.12. The standard InChI is InChI=1S/C15H15FN2O2/c16-13-7-12(5-6-14(13)17)15(20)18-8-10-1-3-11(9-19)4-2-10/h1-7,19H,8-9,17H2,(H,18,20). The molecule has 0 aliphatic heterocycles. The van der Waals surface area contributed by atoms with Gasteiger partial charge in [-0.15, -0.1) is 0 Å². The van der Waals surface area contributed by atoms with E-state index in [1.54, 1.807) is 12.1 Å². The predicted octanol–water partition coefficient (Wildman–Crippen LogP) is 1.83. The maximum Gasteiger partial charge on any atom is 0.251 e. The Morgan fingerprint density at radius 3 is 2.40 bits per heavy atom. The number of amides is 1. The lowest BCUT2D eigenvalue weighted by atomic mass is 10.1. The quantitative estimate of drug-likeness (QED) is 0.744. The molecule has 0 bridgehead atoms. The molecule has 4 nitrogen and oxygen atoms in total. The third-order valence-corrected chi connectivity index (χ3v) is 2.92. The van der Waals surface area contributed by atoms with Crippen LogP contribution < -0.4 is 11.1 Å². The molecule has 0 aliphatic rings. The monoisotopic (exact) mass is 274 g/mol. The van der Waals surface area contributed by atoms with E-state index in [-0.39, 0.29) is 23.8 Å². The van der Waals surface area contributed by atoms with Gasteiger partial charge in [0, 0.05) is 12.1 Å². The summed E-state index contributed by atoms with van der Waals surface area (Å²) < 4.78 is 13.3. The Bertz CT molecular complexity index is 612. The first-order chi connectivity index (χ1) is 9.60. The molecule has 20 heavy (non-hydrogen) atoms. The first kappa shape index (κ1) is 14.0. The van der Waals surface area contributed by atoms with Gasteiger partial charge in [-0.1, -0.05) is 24.3 Å². The zero-order valence-electron chi connectivity index (χ0n) is 10.8. The average Bonchev–Trinajstić information content (AvgIpc) is 2.48. The summed E-state index contributed by atoms with van der Waals surface area (Å²) in [4.78, 5) is 11.8. The van der Waals surface area contributed by atoms with Crippen molar-refractivity contribution < 1.29 is 14.3 Å². The topological polar surface area (TPSA) is 75.4 Å². The van der Waals surface area contributed by atoms with E-state index >= 15 is 0 Å². The molecule has 0 unspecified atom stereocenters. The van der Waals surface area contributed by atoms with E-state index in [9.17, 15) is 9.18 Å². The number of carbonyl (C=O) groups is 1. The third kappa shape index (κ3) is 3.33. The van der Waals surface area contributed by atoms with E-state index < -0.39 is 5.82 Å². The molecule has 4 N–H and O–H groups in total. The van der Waals surface area contributed by atoms with Gasteiger partial charge in [0.2, 0.25) is 0 Å². The number of halogens is 1. The van der Waals surface area contributed by atoms with Gasteiger partial charge in [0.1, 0.15) is 5.82 Å². The Balaban J connectivity index is 1.98. The van der Waals surface area contributed by atoms with Crippen LogP contribution >= 0.6 is 0 Å². The van der Waals surface area contributed by atoms with Crippen LogP contribution in [0.3, 0.4) is 0 Å². The van der Waals surface area contributed by atoms with Crippen LogP contribution in [0.15, 0.2) is 42.5 Å².